The molecule has 0 atom stereocenters. The van der Waals surface area contributed by atoms with Crippen molar-refractivity contribution in [3.05, 3.63) is 5.08 Å². The van der Waals surface area contributed by atoms with Gasteiger partial charge in [-0.1, -0.05) is 0 Å². The van der Waals surface area contributed by atoms with Crippen LogP contribution in [0, 0.1) is 5.08 Å². The Morgan fingerprint density at radius 1 is 1.57 bits per heavy atom. The van der Waals surface area contributed by atoms with Gasteiger partial charge < -0.3 is 0 Å². The van der Waals surface area contributed by atoms with Crippen LogP contribution in [0.3, 0.4) is 0 Å². The summed E-state index contributed by atoms with van der Waals surface area (Å²) in [5, 5.41) is 1.31. The maximum atomic E-state index is 10.4. The lowest BCUT2D eigenvalue weighted by molar-refractivity contribution is 0.606. The lowest BCUT2D eigenvalue weighted by Gasteiger charge is -1.79. The van der Waals surface area contributed by atoms with Gasteiger partial charge in [0.2, 0.25) is 0 Å². The van der Waals surface area contributed by atoms with Crippen molar-refractivity contribution in [3.8, 4) is 0 Å². The molecule has 0 aromatic heterocycles. The number of thioether (sulfide) groups is 1. The summed E-state index contributed by atoms with van der Waals surface area (Å²) in [6.07, 6.45) is 0. The third-order valence-corrected chi connectivity index (χ3v) is 3.89. The molecule has 0 saturated carbocycles. The molecule has 1 rings (SSSR count). The van der Waals surface area contributed by atoms with Gasteiger partial charge in [-0.3, -0.25) is 0 Å². The molecule has 0 aromatic rings. The second-order valence-corrected chi connectivity index (χ2v) is 4.58. The number of hydrogen-bond donors (Lipinski definition) is 0. The van der Waals surface area contributed by atoms with Crippen LogP contribution >= 0.6 is 11.8 Å². The third-order valence-electron chi connectivity index (χ3n) is 0.700. The maximum Gasteiger partial charge on any atom is 0.165 e. The first-order chi connectivity index (χ1) is 3.21. The minimum Gasteiger partial charge on any atom is -0.228 e. The fourth-order valence-corrected chi connectivity index (χ4v) is 3.28. The van der Waals surface area contributed by atoms with Crippen LogP contribution in [0.15, 0.2) is 0 Å². The van der Waals surface area contributed by atoms with Gasteiger partial charge in [-0.2, -0.15) is 0 Å². The van der Waals surface area contributed by atoms with Crippen LogP contribution in [0.4, 0.5) is 0 Å². The Bertz CT molecular complexity index is 134. The summed E-state index contributed by atoms with van der Waals surface area (Å²) in [5.74, 6) is 1.07. The normalized spacial score (nSPS) is 28.0. The first kappa shape index (κ1) is 5.44. The van der Waals surface area contributed by atoms with E-state index in [0.29, 0.717) is 5.75 Å². The van der Waals surface area contributed by atoms with Gasteiger partial charge in [0, 0.05) is 5.75 Å². The van der Waals surface area contributed by atoms with Gasteiger partial charge in [-0.15, -0.1) is 11.8 Å². The van der Waals surface area contributed by atoms with E-state index >= 15 is 0 Å². The summed E-state index contributed by atoms with van der Waals surface area (Å²) in [6.45, 7) is 0. The molecule has 0 N–H and O–H groups in total. The lowest BCUT2D eigenvalue weighted by atomic mass is 11.0. The van der Waals surface area contributed by atoms with Crippen LogP contribution in [0.1, 0.15) is 0 Å². The molecule has 4 heteroatoms. The monoisotopic (exact) mass is 137 g/mol. The predicted octanol–water partition coefficient (Wildman–Crippen LogP) is 0.267. The van der Waals surface area contributed by atoms with E-state index in [1.807, 2.05) is 0 Å². The molecule has 0 amide bonds. The number of hydrogen-bond acceptors (Lipinski definition) is 3. The summed E-state index contributed by atoms with van der Waals surface area (Å²) < 4.78 is 20.7. The van der Waals surface area contributed by atoms with Crippen LogP contribution < -0.4 is 0 Å². The molecule has 0 bridgehead atoms. The highest BCUT2D eigenvalue weighted by Crippen LogP contribution is 2.20. The Balaban J connectivity index is 2.76. The van der Waals surface area contributed by atoms with Crippen molar-refractivity contribution >= 4 is 21.6 Å². The van der Waals surface area contributed by atoms with Crippen LogP contribution in [0.25, 0.3) is 0 Å². The zero-order valence-corrected chi connectivity index (χ0v) is 5.26. The molecule has 7 heavy (non-hydrogen) atoms. The van der Waals surface area contributed by atoms with Crippen LogP contribution in [0.2, 0.25) is 0 Å². The molecule has 1 radical (unpaired) electrons. The standard InChI is InChI=1S/C3H5O2S2/c4-7(5)2-1-6-3-7/h3H,1-2H2. The van der Waals surface area contributed by atoms with Gasteiger partial charge in [-0.05, 0) is 0 Å². The van der Waals surface area contributed by atoms with Gasteiger partial charge in [0.25, 0.3) is 0 Å². The van der Waals surface area contributed by atoms with Crippen molar-refractivity contribution in [2.24, 2.45) is 0 Å². The first-order valence-electron chi connectivity index (χ1n) is 1.88. The van der Waals surface area contributed by atoms with E-state index in [1.165, 1.54) is 16.8 Å². The molecule has 0 aromatic carbocycles. The topological polar surface area (TPSA) is 34.1 Å². The van der Waals surface area contributed by atoms with E-state index in [9.17, 15) is 8.42 Å². The van der Waals surface area contributed by atoms with Crippen LogP contribution in [-0.2, 0) is 9.84 Å². The smallest absolute Gasteiger partial charge is 0.165 e. The van der Waals surface area contributed by atoms with Crippen molar-refractivity contribution in [1.82, 2.24) is 0 Å². The molecule has 1 fully saturated rings. The Hall–Kier alpha value is 0.300. The van der Waals surface area contributed by atoms with E-state index in [1.54, 1.807) is 0 Å². The van der Waals surface area contributed by atoms with Crippen molar-refractivity contribution in [3.63, 3.8) is 0 Å². The first-order valence-corrected chi connectivity index (χ1v) is 4.65. The highest BCUT2D eigenvalue weighted by molar-refractivity contribution is 8.18. The SMILES string of the molecule is O=S1(=O)[CH]SCC1. The molecule has 1 heterocycles. The minimum atomic E-state index is -2.71. The zero-order valence-electron chi connectivity index (χ0n) is 3.62. The van der Waals surface area contributed by atoms with E-state index in [-0.39, 0.29) is 0 Å². The fraction of sp³-hybridized carbons (Fsp3) is 0.667. The van der Waals surface area contributed by atoms with E-state index in [0.717, 1.165) is 5.75 Å². The fourth-order valence-electron chi connectivity index (χ4n) is 0.364. The molecule has 0 spiro atoms. The minimum absolute atomic E-state index is 0.331. The molecule has 2 nitrogen and oxygen atoms in total. The average Bonchev–Trinajstić information content (AvgIpc) is 1.84. The Morgan fingerprint density at radius 3 is 2.43 bits per heavy atom. The molecule has 0 aliphatic carbocycles. The van der Waals surface area contributed by atoms with E-state index in [2.05, 4.69) is 0 Å². The van der Waals surface area contributed by atoms with Crippen molar-refractivity contribution < 1.29 is 8.42 Å². The average molecular weight is 137 g/mol. The molecule has 1 aliphatic heterocycles. The second kappa shape index (κ2) is 1.67. The molecule has 1 aliphatic rings. The van der Waals surface area contributed by atoms with Gasteiger partial charge in [0.05, 0.1) is 5.75 Å². The van der Waals surface area contributed by atoms with Crippen molar-refractivity contribution in [2.45, 2.75) is 0 Å². The lowest BCUT2D eigenvalue weighted by Crippen LogP contribution is -1.95. The summed E-state index contributed by atoms with van der Waals surface area (Å²) in [5.41, 5.74) is 0. The Kier molecular flexibility index (Phi) is 1.30. The molecule has 1 saturated heterocycles. The highest BCUT2D eigenvalue weighted by atomic mass is 32.3. The predicted molar refractivity (Wildman–Crippen MR) is 30.5 cm³/mol. The maximum absolute atomic E-state index is 10.4. The Labute approximate surface area is 47.2 Å². The van der Waals surface area contributed by atoms with Gasteiger partial charge in [-0.25, -0.2) is 8.42 Å². The summed E-state index contributed by atoms with van der Waals surface area (Å²) in [4.78, 5) is 0. The summed E-state index contributed by atoms with van der Waals surface area (Å²) in [6, 6.07) is 0. The van der Waals surface area contributed by atoms with Crippen molar-refractivity contribution in [1.29, 1.82) is 0 Å². The number of rotatable bonds is 0. The molecule has 41 valence electrons. The largest absolute Gasteiger partial charge is 0.228 e. The van der Waals surface area contributed by atoms with Crippen molar-refractivity contribution in [2.75, 3.05) is 11.5 Å². The molecular formula is C3H5O2S2. The van der Waals surface area contributed by atoms with Crippen LogP contribution in [-0.4, -0.2) is 19.9 Å². The third kappa shape index (κ3) is 1.35. The second-order valence-electron chi connectivity index (χ2n) is 1.33. The number of sulfone groups is 1. The van der Waals surface area contributed by atoms with Gasteiger partial charge in [0.1, 0.15) is 5.08 Å². The summed E-state index contributed by atoms with van der Waals surface area (Å²) in [7, 11) is -2.71. The van der Waals surface area contributed by atoms with Gasteiger partial charge in [0.15, 0.2) is 9.84 Å². The quantitative estimate of drug-likeness (QED) is 0.480. The Morgan fingerprint density at radius 2 is 2.29 bits per heavy atom. The molecule has 0 unspecified atom stereocenters. The van der Waals surface area contributed by atoms with Crippen LogP contribution in [0.5, 0.6) is 0 Å². The summed E-state index contributed by atoms with van der Waals surface area (Å²) >= 11 is 1.37. The molecular weight excluding hydrogens is 132 g/mol. The zero-order chi connectivity index (χ0) is 5.33. The highest BCUT2D eigenvalue weighted by Gasteiger charge is 2.17. The van der Waals surface area contributed by atoms with E-state index in [4.69, 9.17) is 0 Å². The van der Waals surface area contributed by atoms with Gasteiger partial charge >= 0.3 is 0 Å². The van der Waals surface area contributed by atoms with E-state index < -0.39 is 9.84 Å².